The molecule has 7 heteroatoms. The standard InChI is InChI=1S/C24H32N4O3/c1-16(2)11-12-25-23(30)20-14-28(19-9-4-5-10-19)15-21(22(20)29)24(31)26-13-18-8-6-7-17(3)27-18/h6-8,14-16,19H,4-5,9-13H2,1-3H3,(H,25,30)(H,26,31). The molecule has 1 aliphatic carbocycles. The summed E-state index contributed by atoms with van der Waals surface area (Å²) < 4.78 is 1.88. The van der Waals surface area contributed by atoms with Crippen molar-refractivity contribution >= 4 is 11.8 Å². The largest absolute Gasteiger partial charge is 0.352 e. The predicted molar refractivity (Wildman–Crippen MR) is 120 cm³/mol. The average molecular weight is 425 g/mol. The highest BCUT2D eigenvalue weighted by molar-refractivity contribution is 5.99. The van der Waals surface area contributed by atoms with Crippen molar-refractivity contribution in [3.8, 4) is 0 Å². The Hall–Kier alpha value is -2.96. The number of nitrogens with one attached hydrogen (secondary N) is 2. The van der Waals surface area contributed by atoms with Crippen molar-refractivity contribution < 1.29 is 9.59 Å². The number of rotatable bonds is 8. The number of nitrogens with zero attached hydrogens (tertiary/aromatic N) is 2. The van der Waals surface area contributed by atoms with Gasteiger partial charge in [0.15, 0.2) is 0 Å². The summed E-state index contributed by atoms with van der Waals surface area (Å²) >= 11 is 0. The number of aryl methyl sites for hydroxylation is 1. The van der Waals surface area contributed by atoms with Gasteiger partial charge in [0.05, 0.1) is 12.2 Å². The Kier molecular flexibility index (Phi) is 7.60. The summed E-state index contributed by atoms with van der Waals surface area (Å²) in [6, 6.07) is 5.78. The molecule has 7 nitrogen and oxygen atoms in total. The lowest BCUT2D eigenvalue weighted by molar-refractivity contribution is 0.0947. The van der Waals surface area contributed by atoms with Crippen LogP contribution >= 0.6 is 0 Å². The lowest BCUT2D eigenvalue weighted by Crippen LogP contribution is -2.36. The van der Waals surface area contributed by atoms with E-state index in [2.05, 4.69) is 29.5 Å². The van der Waals surface area contributed by atoms with Gasteiger partial charge in [-0.1, -0.05) is 32.8 Å². The molecule has 31 heavy (non-hydrogen) atoms. The van der Waals surface area contributed by atoms with E-state index in [4.69, 9.17) is 0 Å². The minimum Gasteiger partial charge on any atom is -0.352 e. The Morgan fingerprint density at radius 2 is 1.74 bits per heavy atom. The monoisotopic (exact) mass is 424 g/mol. The normalized spacial score (nSPS) is 14.1. The molecule has 0 unspecified atom stereocenters. The van der Waals surface area contributed by atoms with Gasteiger partial charge in [-0.15, -0.1) is 0 Å². The van der Waals surface area contributed by atoms with Gasteiger partial charge in [-0.05, 0) is 44.2 Å². The molecule has 3 rings (SSSR count). The zero-order valence-corrected chi connectivity index (χ0v) is 18.6. The van der Waals surface area contributed by atoms with Crippen LogP contribution in [0.4, 0.5) is 0 Å². The Labute approximate surface area is 183 Å². The molecule has 2 aromatic rings. The molecule has 0 aromatic carbocycles. The quantitative estimate of drug-likeness (QED) is 0.679. The van der Waals surface area contributed by atoms with Crippen molar-refractivity contribution in [1.29, 1.82) is 0 Å². The van der Waals surface area contributed by atoms with Crippen LogP contribution in [0, 0.1) is 12.8 Å². The fraction of sp³-hybridized carbons (Fsp3) is 0.500. The maximum atomic E-state index is 13.0. The lowest BCUT2D eigenvalue weighted by atomic mass is 10.1. The highest BCUT2D eigenvalue weighted by Crippen LogP contribution is 2.29. The maximum Gasteiger partial charge on any atom is 0.257 e. The van der Waals surface area contributed by atoms with E-state index in [1.54, 1.807) is 12.4 Å². The van der Waals surface area contributed by atoms with Crippen LogP contribution in [-0.4, -0.2) is 27.9 Å². The van der Waals surface area contributed by atoms with E-state index in [1.165, 1.54) is 0 Å². The molecule has 0 aliphatic heterocycles. The van der Waals surface area contributed by atoms with Crippen molar-refractivity contribution in [1.82, 2.24) is 20.2 Å². The fourth-order valence-electron chi connectivity index (χ4n) is 3.87. The van der Waals surface area contributed by atoms with Gasteiger partial charge in [-0.25, -0.2) is 0 Å². The van der Waals surface area contributed by atoms with Crippen LogP contribution in [0.25, 0.3) is 0 Å². The first-order valence-electron chi connectivity index (χ1n) is 11.1. The average Bonchev–Trinajstić information content (AvgIpc) is 3.27. The summed E-state index contributed by atoms with van der Waals surface area (Å²) in [5.41, 5.74) is 1.06. The topological polar surface area (TPSA) is 93.1 Å². The summed E-state index contributed by atoms with van der Waals surface area (Å²) in [6.45, 7) is 6.75. The first-order chi connectivity index (χ1) is 14.8. The minimum atomic E-state index is -0.536. The van der Waals surface area contributed by atoms with Gasteiger partial charge in [0, 0.05) is 30.7 Å². The van der Waals surface area contributed by atoms with Crippen LogP contribution in [-0.2, 0) is 6.54 Å². The van der Waals surface area contributed by atoms with E-state index in [0.717, 1.165) is 37.8 Å². The van der Waals surface area contributed by atoms with Crippen molar-refractivity contribution in [3.05, 3.63) is 63.3 Å². The Morgan fingerprint density at radius 1 is 1.10 bits per heavy atom. The summed E-state index contributed by atoms with van der Waals surface area (Å²) in [4.78, 5) is 43.0. The van der Waals surface area contributed by atoms with Crippen molar-refractivity contribution in [2.24, 2.45) is 5.92 Å². The summed E-state index contributed by atoms with van der Waals surface area (Å²) in [5.74, 6) is -0.466. The van der Waals surface area contributed by atoms with Crippen LogP contribution < -0.4 is 16.1 Å². The molecule has 2 aromatic heterocycles. The fourth-order valence-corrected chi connectivity index (χ4v) is 3.87. The number of hydrogen-bond donors (Lipinski definition) is 2. The molecule has 2 heterocycles. The molecule has 0 saturated heterocycles. The van der Waals surface area contributed by atoms with Gasteiger partial charge in [0.25, 0.3) is 11.8 Å². The van der Waals surface area contributed by atoms with E-state index in [0.29, 0.717) is 18.2 Å². The van der Waals surface area contributed by atoms with Crippen LogP contribution in [0.3, 0.4) is 0 Å². The number of carbonyl (C=O) groups is 2. The summed E-state index contributed by atoms with van der Waals surface area (Å²) in [6.07, 6.45) is 8.20. The number of aromatic nitrogens is 2. The zero-order chi connectivity index (χ0) is 22.4. The van der Waals surface area contributed by atoms with Gasteiger partial charge in [0.1, 0.15) is 11.1 Å². The van der Waals surface area contributed by atoms with Crippen LogP contribution in [0.5, 0.6) is 0 Å². The summed E-state index contributed by atoms with van der Waals surface area (Å²) in [5, 5.41) is 5.60. The molecule has 0 radical (unpaired) electrons. The molecule has 2 N–H and O–H groups in total. The highest BCUT2D eigenvalue weighted by atomic mass is 16.2. The zero-order valence-electron chi connectivity index (χ0n) is 18.6. The minimum absolute atomic E-state index is 0.00365. The third-order valence-corrected chi connectivity index (χ3v) is 5.66. The van der Waals surface area contributed by atoms with E-state index in [-0.39, 0.29) is 23.7 Å². The van der Waals surface area contributed by atoms with Gasteiger partial charge >= 0.3 is 0 Å². The Balaban J connectivity index is 1.84. The molecule has 1 fully saturated rings. The second-order valence-electron chi connectivity index (χ2n) is 8.69. The van der Waals surface area contributed by atoms with Crippen molar-refractivity contribution in [2.45, 2.75) is 65.5 Å². The predicted octanol–water partition coefficient (Wildman–Crippen LogP) is 3.37. The molecule has 0 atom stereocenters. The van der Waals surface area contributed by atoms with Gasteiger partial charge < -0.3 is 15.2 Å². The van der Waals surface area contributed by atoms with E-state index in [9.17, 15) is 14.4 Å². The molecule has 166 valence electrons. The molecule has 0 bridgehead atoms. The van der Waals surface area contributed by atoms with Gasteiger partial charge in [-0.3, -0.25) is 19.4 Å². The number of pyridine rings is 2. The second-order valence-corrected chi connectivity index (χ2v) is 8.69. The van der Waals surface area contributed by atoms with Crippen molar-refractivity contribution in [3.63, 3.8) is 0 Å². The maximum absolute atomic E-state index is 13.0. The first-order valence-corrected chi connectivity index (χ1v) is 11.1. The molecule has 2 amide bonds. The van der Waals surface area contributed by atoms with Crippen LogP contribution in [0.2, 0.25) is 0 Å². The van der Waals surface area contributed by atoms with E-state index >= 15 is 0 Å². The third-order valence-electron chi connectivity index (χ3n) is 5.66. The molecule has 1 saturated carbocycles. The summed E-state index contributed by atoms with van der Waals surface area (Å²) in [7, 11) is 0. The van der Waals surface area contributed by atoms with E-state index in [1.807, 2.05) is 29.7 Å². The smallest absolute Gasteiger partial charge is 0.257 e. The molecular weight excluding hydrogens is 392 g/mol. The van der Waals surface area contributed by atoms with Gasteiger partial charge in [-0.2, -0.15) is 0 Å². The third kappa shape index (κ3) is 6.03. The van der Waals surface area contributed by atoms with Crippen LogP contribution in [0.15, 0.2) is 35.4 Å². The molecule has 0 spiro atoms. The molecular formula is C24H32N4O3. The number of hydrogen-bond acceptors (Lipinski definition) is 4. The first kappa shape index (κ1) is 22.7. The van der Waals surface area contributed by atoms with E-state index < -0.39 is 17.2 Å². The van der Waals surface area contributed by atoms with Crippen molar-refractivity contribution in [2.75, 3.05) is 6.54 Å². The Bertz CT molecular complexity index is 991. The second kappa shape index (κ2) is 10.4. The Morgan fingerprint density at radius 3 is 2.35 bits per heavy atom. The lowest BCUT2D eigenvalue weighted by Gasteiger charge is -2.17. The number of amides is 2. The van der Waals surface area contributed by atoms with Gasteiger partial charge in [0.2, 0.25) is 5.43 Å². The molecule has 1 aliphatic rings. The number of carbonyl (C=O) groups excluding carboxylic acids is 2. The SMILES string of the molecule is Cc1cccc(CNC(=O)c2cn(C3CCCC3)cc(C(=O)NCCC(C)C)c2=O)n1. The highest BCUT2D eigenvalue weighted by Gasteiger charge is 2.23. The van der Waals surface area contributed by atoms with Crippen LogP contribution in [0.1, 0.15) is 84.1 Å².